The molecule has 20 heavy (non-hydrogen) atoms. The van der Waals surface area contributed by atoms with Crippen LogP contribution in [0, 0.1) is 0 Å². The second-order valence-electron chi connectivity index (χ2n) is 7.13. The lowest BCUT2D eigenvalue weighted by Gasteiger charge is -2.55. The van der Waals surface area contributed by atoms with Gasteiger partial charge < -0.3 is 0 Å². The van der Waals surface area contributed by atoms with Gasteiger partial charge in [0.1, 0.15) is 0 Å². The van der Waals surface area contributed by atoms with Crippen molar-refractivity contribution < 1.29 is 0 Å². The number of hydrogen-bond donors (Lipinski definition) is 0. The molecule has 0 spiro atoms. The summed E-state index contributed by atoms with van der Waals surface area (Å²) in [5.41, 5.74) is 1.54. The van der Waals surface area contributed by atoms with Crippen molar-refractivity contribution in [3.8, 4) is 0 Å². The van der Waals surface area contributed by atoms with Gasteiger partial charge in [-0.05, 0) is 0 Å². The van der Waals surface area contributed by atoms with Crippen LogP contribution in [-0.4, -0.2) is 6.15 Å². The van der Waals surface area contributed by atoms with Crippen LogP contribution in [0.5, 0.6) is 0 Å². The quantitative estimate of drug-likeness (QED) is 0.467. The molecule has 0 heterocycles. The van der Waals surface area contributed by atoms with Gasteiger partial charge in [0.2, 0.25) is 0 Å². The third-order valence-electron chi connectivity index (χ3n) is 6.54. The maximum absolute atomic E-state index is 2.50. The van der Waals surface area contributed by atoms with Crippen molar-refractivity contribution in [2.24, 2.45) is 0 Å². The lowest BCUT2D eigenvalue weighted by molar-refractivity contribution is 0.676. The van der Waals surface area contributed by atoms with E-state index < -0.39 is 0 Å². The first-order valence-electron chi connectivity index (χ1n) is 8.75. The van der Waals surface area contributed by atoms with Gasteiger partial charge in [0, 0.05) is 6.15 Å². The van der Waals surface area contributed by atoms with Crippen molar-refractivity contribution in [3.63, 3.8) is 0 Å². The summed E-state index contributed by atoms with van der Waals surface area (Å²) in [7, 11) is 0. The molecule has 1 aromatic rings. The highest BCUT2D eigenvalue weighted by atomic mass is 14.2. The average molecular weight is 273 g/mol. The van der Waals surface area contributed by atoms with Crippen molar-refractivity contribution in [2.45, 2.75) is 84.6 Å². The van der Waals surface area contributed by atoms with Gasteiger partial charge in [-0.15, -0.1) is 0 Å². The molecule has 3 atom stereocenters. The largest absolute Gasteiger partial charge is 0.169 e. The van der Waals surface area contributed by atoms with Crippen LogP contribution < -0.4 is 0 Å². The van der Waals surface area contributed by atoms with Gasteiger partial charge >= 0.3 is 0 Å². The summed E-state index contributed by atoms with van der Waals surface area (Å²) in [5, 5.41) is 0. The van der Waals surface area contributed by atoms with Gasteiger partial charge in [-0.3, -0.25) is 0 Å². The Morgan fingerprint density at radius 3 is 1.50 bits per heavy atom. The minimum Gasteiger partial charge on any atom is -0.169 e. The highest BCUT2D eigenvalue weighted by Gasteiger charge is 2.37. The van der Waals surface area contributed by atoms with Crippen LogP contribution in [0.25, 0.3) is 0 Å². The van der Waals surface area contributed by atoms with Crippen LogP contribution in [0.4, 0.5) is 0 Å². The Balaban J connectivity index is 3.21. The molecule has 1 aromatic carbocycles. The van der Waals surface area contributed by atoms with Gasteiger partial charge in [0.25, 0.3) is 0 Å². The minimum atomic E-state index is -0.369. The summed E-state index contributed by atoms with van der Waals surface area (Å²) < 4.78 is 0. The van der Waals surface area contributed by atoms with E-state index in [0.29, 0.717) is 0 Å². The molecule has 0 aliphatic rings. The molecule has 0 aliphatic heterocycles. The molecule has 0 amide bonds. The Kier molecular flexibility index (Phi) is 6.85. The Bertz CT molecular complexity index is 344. The molecule has 0 saturated heterocycles. The Hall–Kier alpha value is -0.715. The zero-order valence-electron chi connectivity index (χ0n) is 14.5. The predicted octanol–water partition coefficient (Wildman–Crippen LogP) is 6.62. The summed E-state index contributed by atoms with van der Waals surface area (Å²) in [6, 6.07) is 11.2. The molecular weight excluding hydrogens is 239 g/mol. The van der Waals surface area contributed by atoms with E-state index in [2.05, 4.69) is 71.9 Å². The fourth-order valence-electron chi connectivity index (χ4n) is 4.62. The summed E-state index contributed by atoms with van der Waals surface area (Å²) >= 11 is 0. The monoisotopic (exact) mass is 273 g/mol. The van der Waals surface area contributed by atoms with Crippen LogP contribution in [0.2, 0.25) is 17.5 Å². The lowest BCUT2D eigenvalue weighted by Crippen LogP contribution is -2.49. The van der Waals surface area contributed by atoms with Crippen LogP contribution in [0.15, 0.2) is 30.3 Å². The van der Waals surface area contributed by atoms with Crippen molar-refractivity contribution >= 4 is 6.15 Å². The molecule has 0 saturated carbocycles. The van der Waals surface area contributed by atoms with Crippen LogP contribution in [-0.2, 0) is 6.32 Å². The number of hydrogen-bond acceptors (Lipinski definition) is 0. The van der Waals surface area contributed by atoms with Crippen molar-refractivity contribution in [2.75, 3.05) is 0 Å². The third-order valence-corrected chi connectivity index (χ3v) is 6.54. The molecule has 0 fully saturated rings. The zero-order chi connectivity index (χ0) is 15.2. The first kappa shape index (κ1) is 17.3. The van der Waals surface area contributed by atoms with Crippen LogP contribution in [0.1, 0.15) is 66.4 Å². The SMILES string of the molecule is CCC(C)[B-](Cc1ccccc1)(C(C)CC)C(C)CC. The van der Waals surface area contributed by atoms with E-state index in [4.69, 9.17) is 0 Å². The van der Waals surface area contributed by atoms with Gasteiger partial charge in [-0.25, -0.2) is 0 Å². The molecule has 0 N–H and O–H groups in total. The summed E-state index contributed by atoms with van der Waals surface area (Å²) in [5.74, 6) is 2.50. The highest BCUT2D eigenvalue weighted by molar-refractivity contribution is 6.83. The van der Waals surface area contributed by atoms with Crippen molar-refractivity contribution in [1.82, 2.24) is 0 Å². The summed E-state index contributed by atoms with van der Waals surface area (Å²) in [4.78, 5) is 0. The topological polar surface area (TPSA) is 0 Å². The van der Waals surface area contributed by atoms with E-state index in [1.807, 2.05) is 0 Å². The average Bonchev–Trinajstić information content (AvgIpc) is 2.51. The molecule has 0 aromatic heterocycles. The van der Waals surface area contributed by atoms with E-state index in [1.54, 1.807) is 0 Å². The van der Waals surface area contributed by atoms with Crippen LogP contribution in [0.3, 0.4) is 0 Å². The van der Waals surface area contributed by atoms with E-state index in [-0.39, 0.29) is 6.15 Å². The fraction of sp³-hybridized carbons (Fsp3) is 0.684. The van der Waals surface area contributed by atoms with E-state index in [9.17, 15) is 0 Å². The molecule has 114 valence electrons. The Morgan fingerprint density at radius 2 is 1.15 bits per heavy atom. The van der Waals surface area contributed by atoms with E-state index in [1.165, 1.54) is 31.1 Å². The van der Waals surface area contributed by atoms with Crippen molar-refractivity contribution in [1.29, 1.82) is 0 Å². The molecule has 1 heteroatoms. The first-order valence-corrected chi connectivity index (χ1v) is 8.75. The van der Waals surface area contributed by atoms with E-state index >= 15 is 0 Å². The third kappa shape index (κ3) is 3.48. The molecule has 1 rings (SSSR count). The lowest BCUT2D eigenvalue weighted by atomic mass is 9.07. The van der Waals surface area contributed by atoms with Crippen LogP contribution >= 0.6 is 0 Å². The maximum atomic E-state index is 2.50. The number of rotatable bonds is 8. The smallest absolute Gasteiger partial charge is 0.0136 e. The number of benzene rings is 1. The maximum Gasteiger partial charge on any atom is 0.0136 e. The summed E-state index contributed by atoms with van der Waals surface area (Å²) in [6.45, 7) is 14.6. The molecular formula is C19H34B-. The normalized spacial score (nSPS) is 19.1. The summed E-state index contributed by atoms with van der Waals surface area (Å²) in [6.07, 6.45) is 4.84. The van der Waals surface area contributed by atoms with Gasteiger partial charge in [0.05, 0.1) is 0 Å². The van der Waals surface area contributed by atoms with Gasteiger partial charge in [-0.2, -0.15) is 23.8 Å². The molecule has 0 radical (unpaired) electrons. The van der Waals surface area contributed by atoms with Crippen molar-refractivity contribution in [3.05, 3.63) is 35.9 Å². The second-order valence-corrected chi connectivity index (χ2v) is 7.13. The molecule has 0 bridgehead atoms. The molecule has 3 unspecified atom stereocenters. The zero-order valence-corrected chi connectivity index (χ0v) is 14.5. The Morgan fingerprint density at radius 1 is 0.750 bits per heavy atom. The Labute approximate surface area is 127 Å². The van der Waals surface area contributed by atoms with Gasteiger partial charge in [-0.1, -0.05) is 96.7 Å². The molecule has 0 aliphatic carbocycles. The van der Waals surface area contributed by atoms with Gasteiger partial charge in [0.15, 0.2) is 0 Å². The first-order chi connectivity index (χ1) is 9.52. The second kappa shape index (κ2) is 7.91. The fourth-order valence-corrected chi connectivity index (χ4v) is 4.62. The minimum absolute atomic E-state index is 0.369. The van der Waals surface area contributed by atoms with E-state index in [0.717, 1.165) is 17.5 Å². The standard InChI is InChI=1S/C19H34B/c1-7-16(4)20(17(5)8-2,18(6)9-3)15-19-13-11-10-12-14-19/h10-14,16-18H,7-9,15H2,1-6H3/q-1. The highest BCUT2D eigenvalue weighted by Crippen LogP contribution is 2.48. The molecule has 0 nitrogen and oxygen atoms in total. The predicted molar refractivity (Wildman–Crippen MR) is 95.0 cm³/mol.